The zero-order chi connectivity index (χ0) is 13.0. The van der Waals surface area contributed by atoms with Crippen LogP contribution < -0.4 is 11.1 Å². The minimum atomic E-state index is -0.663. The second kappa shape index (κ2) is 6.35. The van der Waals surface area contributed by atoms with Gasteiger partial charge in [-0.15, -0.1) is 0 Å². The number of benzene rings is 1. The maximum Gasteiger partial charge on any atom is 0.252 e. The Morgan fingerprint density at radius 3 is 2.82 bits per heavy atom. The number of nitrogens with one attached hydrogen (secondary N) is 1. The van der Waals surface area contributed by atoms with Gasteiger partial charge in [-0.3, -0.25) is 4.79 Å². The summed E-state index contributed by atoms with van der Waals surface area (Å²) in [7, 11) is 0. The lowest BCUT2D eigenvalue weighted by molar-refractivity contribution is 0.0937. The number of rotatable bonds is 4. The minimum absolute atomic E-state index is 0.214. The van der Waals surface area contributed by atoms with Crippen molar-refractivity contribution in [2.45, 2.75) is 19.1 Å². The monoisotopic (exact) mass is 320 g/mol. The topological polar surface area (TPSA) is 75.3 Å². The summed E-state index contributed by atoms with van der Waals surface area (Å²) in [5, 5.41) is 12.4. The molecular formula is C11H14BrClN2O2. The molecule has 0 aromatic heterocycles. The van der Waals surface area contributed by atoms with E-state index in [0.717, 1.165) is 0 Å². The number of aliphatic hydroxyl groups is 1. The van der Waals surface area contributed by atoms with Crippen LogP contribution in [0.1, 0.15) is 17.3 Å². The number of halogens is 2. The van der Waals surface area contributed by atoms with E-state index in [1.807, 2.05) is 0 Å². The highest BCUT2D eigenvalue weighted by atomic mass is 79.9. The van der Waals surface area contributed by atoms with E-state index in [2.05, 4.69) is 21.2 Å². The van der Waals surface area contributed by atoms with Gasteiger partial charge < -0.3 is 16.2 Å². The molecule has 4 nitrogen and oxygen atoms in total. The lowest BCUT2D eigenvalue weighted by Gasteiger charge is -2.15. The van der Waals surface area contributed by atoms with E-state index in [1.54, 1.807) is 25.1 Å². The zero-order valence-corrected chi connectivity index (χ0v) is 11.6. The number of aliphatic hydroxyl groups excluding tert-OH is 1. The molecule has 0 fully saturated rings. The van der Waals surface area contributed by atoms with Gasteiger partial charge in [-0.05, 0) is 41.1 Å². The number of carbonyl (C=O) groups is 1. The fraction of sp³-hybridized carbons (Fsp3) is 0.364. The van der Waals surface area contributed by atoms with E-state index < -0.39 is 12.1 Å². The number of carbonyl (C=O) groups excluding carboxylic acids is 1. The van der Waals surface area contributed by atoms with Gasteiger partial charge >= 0.3 is 0 Å². The second-order valence-electron chi connectivity index (χ2n) is 3.74. The molecule has 4 N–H and O–H groups in total. The van der Waals surface area contributed by atoms with Crippen molar-refractivity contribution in [3.63, 3.8) is 0 Å². The van der Waals surface area contributed by atoms with E-state index in [9.17, 15) is 9.90 Å². The van der Waals surface area contributed by atoms with Crippen LogP contribution in [0.5, 0.6) is 0 Å². The summed E-state index contributed by atoms with van der Waals surface area (Å²) in [4.78, 5) is 11.8. The number of hydrogen-bond donors (Lipinski definition) is 3. The first-order valence-corrected chi connectivity index (χ1v) is 6.26. The van der Waals surface area contributed by atoms with Gasteiger partial charge in [0.1, 0.15) is 0 Å². The summed E-state index contributed by atoms with van der Waals surface area (Å²) in [6, 6.07) is 4.42. The average molecular weight is 322 g/mol. The van der Waals surface area contributed by atoms with Crippen LogP contribution in [0.3, 0.4) is 0 Å². The van der Waals surface area contributed by atoms with Crippen LogP contribution in [0.25, 0.3) is 0 Å². The van der Waals surface area contributed by atoms with Crippen molar-refractivity contribution in [3.05, 3.63) is 33.3 Å². The molecule has 0 saturated carbocycles. The summed E-state index contributed by atoms with van der Waals surface area (Å²) in [6.07, 6.45) is -0.663. The number of hydrogen-bond acceptors (Lipinski definition) is 3. The molecule has 0 heterocycles. The molecule has 0 spiro atoms. The molecule has 94 valence electrons. The molecule has 1 aromatic rings. The molecule has 0 aliphatic heterocycles. The lowest BCUT2D eigenvalue weighted by atomic mass is 10.2. The first-order valence-electron chi connectivity index (χ1n) is 5.08. The summed E-state index contributed by atoms with van der Waals surface area (Å²) in [6.45, 7) is 1.79. The van der Waals surface area contributed by atoms with E-state index in [1.165, 1.54) is 0 Å². The van der Waals surface area contributed by atoms with Gasteiger partial charge in [0.05, 0.1) is 11.7 Å². The maximum atomic E-state index is 11.8. The molecular weight excluding hydrogens is 307 g/mol. The molecule has 17 heavy (non-hydrogen) atoms. The Kier molecular flexibility index (Phi) is 5.39. The largest absolute Gasteiger partial charge is 0.392 e. The maximum absolute atomic E-state index is 11.8. The van der Waals surface area contributed by atoms with Gasteiger partial charge in [-0.25, -0.2) is 0 Å². The molecule has 0 bridgehead atoms. The second-order valence-corrected chi connectivity index (χ2v) is 5.03. The third kappa shape index (κ3) is 4.27. The predicted octanol–water partition coefficient (Wildman–Crippen LogP) is 1.54. The van der Waals surface area contributed by atoms with Crippen LogP contribution in [0.4, 0.5) is 0 Å². The van der Waals surface area contributed by atoms with E-state index >= 15 is 0 Å². The Morgan fingerprint density at radius 2 is 2.29 bits per heavy atom. The van der Waals surface area contributed by atoms with Crippen LogP contribution >= 0.6 is 27.5 Å². The predicted molar refractivity (Wildman–Crippen MR) is 71.1 cm³/mol. The minimum Gasteiger partial charge on any atom is -0.392 e. The quantitative estimate of drug-likeness (QED) is 0.787. The highest BCUT2D eigenvalue weighted by Crippen LogP contribution is 2.21. The fourth-order valence-electron chi connectivity index (χ4n) is 1.15. The molecule has 1 aromatic carbocycles. The zero-order valence-electron chi connectivity index (χ0n) is 9.28. The van der Waals surface area contributed by atoms with Crippen molar-refractivity contribution in [1.29, 1.82) is 0 Å². The third-order valence-corrected chi connectivity index (χ3v) is 3.18. The van der Waals surface area contributed by atoms with Crippen molar-refractivity contribution in [2.75, 3.05) is 6.54 Å². The van der Waals surface area contributed by atoms with Gasteiger partial charge in [0.25, 0.3) is 5.91 Å². The number of amides is 1. The highest BCUT2D eigenvalue weighted by molar-refractivity contribution is 9.10. The Balaban J connectivity index is 2.64. The first kappa shape index (κ1) is 14.4. The normalized spacial score (nSPS) is 14.2. The highest BCUT2D eigenvalue weighted by Gasteiger charge is 2.13. The molecule has 2 atom stereocenters. The Morgan fingerprint density at radius 1 is 1.65 bits per heavy atom. The first-order chi connectivity index (χ1) is 7.91. The van der Waals surface area contributed by atoms with Crippen LogP contribution in [-0.4, -0.2) is 29.7 Å². The molecule has 6 heteroatoms. The van der Waals surface area contributed by atoms with Crippen LogP contribution in [0.2, 0.25) is 5.02 Å². The van der Waals surface area contributed by atoms with E-state index in [-0.39, 0.29) is 12.5 Å². The summed E-state index contributed by atoms with van der Waals surface area (Å²) < 4.78 is 0.619. The Labute approximate surface area is 113 Å². The van der Waals surface area contributed by atoms with Gasteiger partial charge in [-0.1, -0.05) is 11.6 Å². The van der Waals surface area contributed by atoms with Gasteiger partial charge in [0.2, 0.25) is 0 Å². The van der Waals surface area contributed by atoms with Crippen molar-refractivity contribution in [3.8, 4) is 0 Å². The van der Waals surface area contributed by atoms with Crippen molar-refractivity contribution >= 4 is 33.4 Å². The summed E-state index contributed by atoms with van der Waals surface area (Å²) in [5.41, 5.74) is 6.09. The standard InChI is InChI=1S/C11H14BrClN2O2/c1-6(16)10(14)5-15-11(17)8-3-2-7(13)4-9(8)12/h2-4,6,10,16H,5,14H2,1H3,(H,15,17). The van der Waals surface area contributed by atoms with Crippen LogP contribution in [0, 0.1) is 0 Å². The molecule has 0 aliphatic carbocycles. The molecule has 0 aliphatic rings. The van der Waals surface area contributed by atoms with Crippen molar-refractivity contribution < 1.29 is 9.90 Å². The Hall–Kier alpha value is -0.620. The van der Waals surface area contributed by atoms with E-state index in [4.69, 9.17) is 17.3 Å². The van der Waals surface area contributed by atoms with Crippen LogP contribution in [0.15, 0.2) is 22.7 Å². The van der Waals surface area contributed by atoms with E-state index in [0.29, 0.717) is 15.1 Å². The molecule has 1 amide bonds. The molecule has 1 rings (SSSR count). The van der Waals surface area contributed by atoms with Crippen molar-refractivity contribution in [2.24, 2.45) is 5.73 Å². The third-order valence-electron chi connectivity index (χ3n) is 2.29. The molecule has 0 saturated heterocycles. The molecule has 2 unspecified atom stereocenters. The Bertz CT molecular complexity index is 412. The number of nitrogens with two attached hydrogens (primary N) is 1. The van der Waals surface area contributed by atoms with Gasteiger partial charge in [0.15, 0.2) is 0 Å². The SMILES string of the molecule is CC(O)C(N)CNC(=O)c1ccc(Cl)cc1Br. The van der Waals surface area contributed by atoms with Crippen LogP contribution in [-0.2, 0) is 0 Å². The average Bonchev–Trinajstić information content (AvgIpc) is 2.25. The van der Waals surface area contributed by atoms with Crippen molar-refractivity contribution in [1.82, 2.24) is 5.32 Å². The molecule has 0 radical (unpaired) electrons. The smallest absolute Gasteiger partial charge is 0.252 e. The lowest BCUT2D eigenvalue weighted by Crippen LogP contribution is -2.43. The fourth-order valence-corrected chi connectivity index (χ4v) is 2.01. The van der Waals surface area contributed by atoms with Gasteiger partial charge in [-0.2, -0.15) is 0 Å². The van der Waals surface area contributed by atoms with Gasteiger partial charge in [0, 0.05) is 22.1 Å². The summed E-state index contributed by atoms with van der Waals surface area (Å²) >= 11 is 9.03. The summed E-state index contributed by atoms with van der Waals surface area (Å²) in [5.74, 6) is -0.260.